The summed E-state index contributed by atoms with van der Waals surface area (Å²) in [6.07, 6.45) is 6.80. The Morgan fingerprint density at radius 3 is 2.33 bits per heavy atom. The fourth-order valence-electron chi connectivity index (χ4n) is 3.07. The number of ether oxygens (including phenoxy) is 1. The Labute approximate surface area is 173 Å². The monoisotopic (exact) mass is 397 g/mol. The second kappa shape index (κ2) is 8.96. The largest absolute Gasteiger partial charge is 0.457 e. The maximum absolute atomic E-state index is 12.6. The van der Waals surface area contributed by atoms with E-state index >= 15 is 0 Å². The standard InChI is InChI=1S/C24H19N3O3/c28-23(22-16-26-15-17-3-1-2-4-21(17)22)9-10-24(29)27-18-5-7-19(8-6-18)30-20-11-13-25-14-12-20/h1-8,11-16H,9-10H2,(H,27,29). The Kier molecular flexibility index (Phi) is 5.75. The molecule has 0 radical (unpaired) electrons. The zero-order valence-corrected chi connectivity index (χ0v) is 16.1. The Hall–Kier alpha value is -4.06. The Bertz CT molecular complexity index is 1170. The highest BCUT2D eigenvalue weighted by Gasteiger charge is 2.13. The van der Waals surface area contributed by atoms with Gasteiger partial charge in [0.15, 0.2) is 5.78 Å². The van der Waals surface area contributed by atoms with E-state index in [2.05, 4.69) is 15.3 Å². The summed E-state index contributed by atoms with van der Waals surface area (Å²) in [6.45, 7) is 0. The normalized spacial score (nSPS) is 10.5. The summed E-state index contributed by atoms with van der Waals surface area (Å²) in [7, 11) is 0. The Morgan fingerprint density at radius 2 is 1.53 bits per heavy atom. The molecular formula is C24H19N3O3. The molecule has 2 aromatic carbocycles. The lowest BCUT2D eigenvalue weighted by Gasteiger charge is -2.08. The van der Waals surface area contributed by atoms with Crippen LogP contribution >= 0.6 is 0 Å². The number of hydrogen-bond donors (Lipinski definition) is 1. The third kappa shape index (κ3) is 4.67. The molecule has 0 spiro atoms. The van der Waals surface area contributed by atoms with Gasteiger partial charge in [0.05, 0.1) is 0 Å². The quantitative estimate of drug-likeness (QED) is 0.443. The molecule has 4 rings (SSSR count). The zero-order chi connectivity index (χ0) is 20.8. The van der Waals surface area contributed by atoms with Crippen LogP contribution in [0.5, 0.6) is 11.5 Å². The van der Waals surface area contributed by atoms with Crippen molar-refractivity contribution in [2.75, 3.05) is 5.32 Å². The lowest BCUT2D eigenvalue weighted by molar-refractivity contribution is -0.116. The summed E-state index contributed by atoms with van der Waals surface area (Å²) in [5.41, 5.74) is 1.18. The number of hydrogen-bond acceptors (Lipinski definition) is 5. The number of pyridine rings is 2. The molecule has 30 heavy (non-hydrogen) atoms. The van der Waals surface area contributed by atoms with Gasteiger partial charge in [-0.1, -0.05) is 24.3 Å². The number of Topliss-reactive ketones (excluding diaryl/α,β-unsaturated/α-hetero) is 1. The van der Waals surface area contributed by atoms with Gasteiger partial charge in [-0.2, -0.15) is 0 Å². The van der Waals surface area contributed by atoms with Crippen molar-refractivity contribution in [3.8, 4) is 11.5 Å². The van der Waals surface area contributed by atoms with Crippen LogP contribution in [0, 0.1) is 0 Å². The smallest absolute Gasteiger partial charge is 0.224 e. The average Bonchev–Trinajstić information content (AvgIpc) is 2.79. The number of nitrogens with one attached hydrogen (secondary N) is 1. The highest BCUT2D eigenvalue weighted by Crippen LogP contribution is 2.23. The highest BCUT2D eigenvalue weighted by molar-refractivity contribution is 6.08. The number of fused-ring (bicyclic) bond motifs is 1. The van der Waals surface area contributed by atoms with Crippen LogP contribution in [0.1, 0.15) is 23.2 Å². The van der Waals surface area contributed by atoms with Gasteiger partial charge in [-0.15, -0.1) is 0 Å². The first kappa shape index (κ1) is 19.3. The van der Waals surface area contributed by atoms with Gasteiger partial charge in [0.25, 0.3) is 0 Å². The topological polar surface area (TPSA) is 81.2 Å². The number of carbonyl (C=O) groups excluding carboxylic acids is 2. The maximum atomic E-state index is 12.6. The third-order valence-electron chi connectivity index (χ3n) is 4.57. The molecule has 6 nitrogen and oxygen atoms in total. The van der Waals surface area contributed by atoms with Crippen molar-refractivity contribution in [2.45, 2.75) is 12.8 Å². The van der Waals surface area contributed by atoms with E-state index in [-0.39, 0.29) is 24.5 Å². The van der Waals surface area contributed by atoms with Crippen molar-refractivity contribution in [3.05, 3.63) is 91.0 Å². The molecule has 148 valence electrons. The van der Waals surface area contributed by atoms with Crippen molar-refractivity contribution in [1.29, 1.82) is 0 Å². The first-order valence-electron chi connectivity index (χ1n) is 9.53. The highest BCUT2D eigenvalue weighted by atomic mass is 16.5. The van der Waals surface area contributed by atoms with Crippen molar-refractivity contribution < 1.29 is 14.3 Å². The molecule has 4 aromatic rings. The molecule has 0 unspecified atom stereocenters. The molecule has 0 aliphatic rings. The summed E-state index contributed by atoms with van der Waals surface area (Å²) < 4.78 is 5.70. The molecule has 0 fully saturated rings. The van der Waals surface area contributed by atoms with Gasteiger partial charge in [-0.3, -0.25) is 19.6 Å². The summed E-state index contributed by atoms with van der Waals surface area (Å²) >= 11 is 0. The molecule has 0 atom stereocenters. The number of carbonyl (C=O) groups is 2. The predicted molar refractivity (Wildman–Crippen MR) is 115 cm³/mol. The van der Waals surface area contributed by atoms with Crippen LogP contribution in [0.25, 0.3) is 10.8 Å². The SMILES string of the molecule is O=C(CCC(=O)c1cncc2ccccc12)Nc1ccc(Oc2ccncc2)cc1. The van der Waals surface area contributed by atoms with Gasteiger partial charge in [0.2, 0.25) is 5.91 Å². The van der Waals surface area contributed by atoms with Gasteiger partial charge in [-0.05, 0) is 41.8 Å². The fraction of sp³-hybridized carbons (Fsp3) is 0.0833. The summed E-state index contributed by atoms with van der Waals surface area (Å²) in [6, 6.07) is 18.2. The fourth-order valence-corrected chi connectivity index (χ4v) is 3.07. The van der Waals surface area contributed by atoms with E-state index < -0.39 is 0 Å². The first-order chi connectivity index (χ1) is 14.7. The van der Waals surface area contributed by atoms with Gasteiger partial charge in [0, 0.05) is 54.3 Å². The summed E-state index contributed by atoms with van der Waals surface area (Å²) in [4.78, 5) is 32.9. The van der Waals surface area contributed by atoms with Crippen LogP contribution in [0.3, 0.4) is 0 Å². The third-order valence-corrected chi connectivity index (χ3v) is 4.57. The Morgan fingerprint density at radius 1 is 0.800 bits per heavy atom. The van der Waals surface area contributed by atoms with E-state index in [0.29, 0.717) is 22.7 Å². The molecule has 1 N–H and O–H groups in total. The van der Waals surface area contributed by atoms with Crippen molar-refractivity contribution in [2.24, 2.45) is 0 Å². The van der Waals surface area contributed by atoms with Crippen LogP contribution in [0.2, 0.25) is 0 Å². The molecule has 2 aromatic heterocycles. The van der Waals surface area contributed by atoms with Crippen LogP contribution in [0.4, 0.5) is 5.69 Å². The van der Waals surface area contributed by atoms with Crippen LogP contribution in [-0.2, 0) is 4.79 Å². The minimum absolute atomic E-state index is 0.0946. The van der Waals surface area contributed by atoms with Crippen LogP contribution in [-0.4, -0.2) is 21.7 Å². The van der Waals surface area contributed by atoms with E-state index in [0.717, 1.165) is 10.8 Å². The zero-order valence-electron chi connectivity index (χ0n) is 16.1. The number of ketones is 1. The molecule has 6 heteroatoms. The second-order valence-corrected chi connectivity index (χ2v) is 6.69. The maximum Gasteiger partial charge on any atom is 0.224 e. The summed E-state index contributed by atoms with van der Waals surface area (Å²) in [5, 5.41) is 4.56. The first-order valence-corrected chi connectivity index (χ1v) is 9.53. The molecule has 0 aliphatic heterocycles. The number of nitrogens with zero attached hydrogens (tertiary/aromatic N) is 2. The lowest BCUT2D eigenvalue weighted by atomic mass is 10.0. The lowest BCUT2D eigenvalue weighted by Crippen LogP contribution is -2.13. The van der Waals surface area contributed by atoms with E-state index in [1.807, 2.05) is 24.3 Å². The van der Waals surface area contributed by atoms with Crippen molar-refractivity contribution in [3.63, 3.8) is 0 Å². The number of benzene rings is 2. The number of aromatic nitrogens is 2. The minimum Gasteiger partial charge on any atom is -0.457 e. The molecule has 2 heterocycles. The number of rotatable bonds is 7. The molecule has 0 saturated heterocycles. The Balaban J connectivity index is 1.33. The van der Waals surface area contributed by atoms with E-state index in [4.69, 9.17) is 4.74 Å². The van der Waals surface area contributed by atoms with E-state index in [1.54, 1.807) is 61.2 Å². The average molecular weight is 397 g/mol. The van der Waals surface area contributed by atoms with Crippen LogP contribution < -0.4 is 10.1 Å². The molecule has 0 saturated carbocycles. The minimum atomic E-state index is -0.223. The molecule has 0 bridgehead atoms. The van der Waals surface area contributed by atoms with Crippen molar-refractivity contribution in [1.82, 2.24) is 9.97 Å². The van der Waals surface area contributed by atoms with Gasteiger partial charge >= 0.3 is 0 Å². The van der Waals surface area contributed by atoms with Crippen molar-refractivity contribution >= 4 is 28.2 Å². The summed E-state index contributed by atoms with van der Waals surface area (Å²) in [5.74, 6) is 1.01. The predicted octanol–water partition coefficient (Wildman–Crippen LogP) is 5.02. The van der Waals surface area contributed by atoms with Crippen LogP contribution in [0.15, 0.2) is 85.5 Å². The van der Waals surface area contributed by atoms with E-state index in [9.17, 15) is 9.59 Å². The molecule has 0 aliphatic carbocycles. The van der Waals surface area contributed by atoms with Gasteiger partial charge in [-0.25, -0.2) is 0 Å². The second-order valence-electron chi connectivity index (χ2n) is 6.69. The van der Waals surface area contributed by atoms with E-state index in [1.165, 1.54) is 0 Å². The number of anilines is 1. The molecule has 1 amide bonds. The molecular weight excluding hydrogens is 378 g/mol. The number of amides is 1. The van der Waals surface area contributed by atoms with Gasteiger partial charge in [0.1, 0.15) is 11.5 Å². The van der Waals surface area contributed by atoms with Gasteiger partial charge < -0.3 is 10.1 Å².